The highest BCUT2D eigenvalue weighted by Gasteiger charge is 2.18. The molecule has 0 fully saturated rings. The summed E-state index contributed by atoms with van der Waals surface area (Å²) in [4.78, 5) is 11.8. The SMILES string of the molecule is CCOC(=O)c1ccc(NC(=S)N=Nc2c(O)n(Cc3ccc(F)cc3)c3ccc(Br)cc23)cc1. The van der Waals surface area contributed by atoms with Gasteiger partial charge in [-0.3, -0.25) is 0 Å². The van der Waals surface area contributed by atoms with Crippen LogP contribution in [0.5, 0.6) is 5.88 Å². The summed E-state index contributed by atoms with van der Waals surface area (Å²) in [5, 5.41) is 22.9. The van der Waals surface area contributed by atoms with Crippen molar-refractivity contribution >= 4 is 61.5 Å². The van der Waals surface area contributed by atoms with Crippen LogP contribution in [0.25, 0.3) is 10.9 Å². The molecule has 35 heavy (non-hydrogen) atoms. The molecule has 0 saturated heterocycles. The van der Waals surface area contributed by atoms with Crippen LogP contribution in [0.3, 0.4) is 0 Å². The molecule has 1 aromatic heterocycles. The smallest absolute Gasteiger partial charge is 0.338 e. The molecule has 0 unspecified atom stereocenters. The number of anilines is 1. The second-order valence-electron chi connectivity index (χ2n) is 7.47. The Morgan fingerprint density at radius 3 is 2.54 bits per heavy atom. The third kappa shape index (κ3) is 5.72. The minimum absolute atomic E-state index is 0.0720. The molecule has 178 valence electrons. The van der Waals surface area contributed by atoms with Crippen molar-refractivity contribution in [3.8, 4) is 5.88 Å². The Morgan fingerprint density at radius 2 is 1.86 bits per heavy atom. The zero-order chi connectivity index (χ0) is 24.9. The average molecular weight is 555 g/mol. The number of aromatic hydroxyl groups is 1. The maximum absolute atomic E-state index is 13.3. The van der Waals surface area contributed by atoms with Gasteiger partial charge < -0.3 is 19.7 Å². The van der Waals surface area contributed by atoms with Crippen molar-refractivity contribution < 1.29 is 19.0 Å². The number of hydrogen-bond donors (Lipinski definition) is 2. The summed E-state index contributed by atoms with van der Waals surface area (Å²) in [7, 11) is 0. The summed E-state index contributed by atoms with van der Waals surface area (Å²) in [6, 6.07) is 18.2. The number of nitrogens with one attached hydrogen (secondary N) is 1. The molecule has 0 aliphatic carbocycles. The van der Waals surface area contributed by atoms with E-state index in [1.165, 1.54) is 12.1 Å². The van der Waals surface area contributed by atoms with E-state index in [4.69, 9.17) is 17.0 Å². The quantitative estimate of drug-likeness (QED) is 0.153. The van der Waals surface area contributed by atoms with Gasteiger partial charge >= 0.3 is 5.97 Å². The van der Waals surface area contributed by atoms with E-state index in [2.05, 4.69) is 31.5 Å². The molecular weight excluding hydrogens is 535 g/mol. The lowest BCUT2D eigenvalue weighted by Crippen LogP contribution is -2.07. The summed E-state index contributed by atoms with van der Waals surface area (Å²) in [5.41, 5.74) is 2.85. The first-order valence-corrected chi connectivity index (χ1v) is 11.8. The zero-order valence-electron chi connectivity index (χ0n) is 18.5. The largest absolute Gasteiger partial charge is 0.493 e. The number of azo groups is 1. The number of esters is 1. The number of hydrogen-bond acceptors (Lipinski definition) is 5. The van der Waals surface area contributed by atoms with Crippen molar-refractivity contribution in [2.24, 2.45) is 10.2 Å². The number of halogens is 2. The fourth-order valence-electron chi connectivity index (χ4n) is 3.47. The Hall–Kier alpha value is -3.63. The van der Waals surface area contributed by atoms with Gasteiger partial charge in [-0.2, -0.15) is 0 Å². The summed E-state index contributed by atoms with van der Waals surface area (Å²) >= 11 is 8.73. The number of ether oxygens (including phenoxy) is 1. The number of carbonyl (C=O) groups excluding carboxylic acids is 1. The van der Waals surface area contributed by atoms with Crippen LogP contribution in [0.1, 0.15) is 22.8 Å². The number of aromatic nitrogens is 1. The van der Waals surface area contributed by atoms with E-state index in [1.807, 2.05) is 18.2 Å². The van der Waals surface area contributed by atoms with Crippen molar-refractivity contribution in [2.75, 3.05) is 11.9 Å². The maximum atomic E-state index is 13.3. The molecule has 1 heterocycles. The second kappa shape index (κ2) is 10.7. The van der Waals surface area contributed by atoms with Crippen LogP contribution in [0.15, 0.2) is 81.4 Å². The molecule has 4 aromatic rings. The Balaban J connectivity index is 1.57. The normalized spacial score (nSPS) is 11.2. The van der Waals surface area contributed by atoms with E-state index < -0.39 is 5.97 Å². The van der Waals surface area contributed by atoms with Gasteiger partial charge in [0.1, 0.15) is 5.82 Å². The van der Waals surface area contributed by atoms with Gasteiger partial charge in [-0.05, 0) is 79.3 Å². The van der Waals surface area contributed by atoms with Crippen LogP contribution >= 0.6 is 28.1 Å². The molecule has 3 aromatic carbocycles. The molecule has 0 aliphatic heterocycles. The molecule has 0 atom stereocenters. The van der Waals surface area contributed by atoms with E-state index in [0.29, 0.717) is 29.8 Å². The first-order valence-electron chi connectivity index (χ1n) is 10.6. The Bertz CT molecular complexity index is 1420. The van der Waals surface area contributed by atoms with Gasteiger partial charge in [-0.15, -0.1) is 10.2 Å². The molecule has 2 N–H and O–H groups in total. The van der Waals surface area contributed by atoms with Gasteiger partial charge in [0.15, 0.2) is 5.69 Å². The second-order valence-corrected chi connectivity index (χ2v) is 8.78. The number of fused-ring (bicyclic) bond motifs is 1. The van der Waals surface area contributed by atoms with Crippen LogP contribution in [-0.2, 0) is 11.3 Å². The lowest BCUT2D eigenvalue weighted by atomic mass is 10.2. The summed E-state index contributed by atoms with van der Waals surface area (Å²) in [6.45, 7) is 2.36. The van der Waals surface area contributed by atoms with Gasteiger partial charge in [0.2, 0.25) is 11.0 Å². The van der Waals surface area contributed by atoms with Crippen LogP contribution in [0.2, 0.25) is 0 Å². The van der Waals surface area contributed by atoms with Crippen molar-refractivity contribution in [3.05, 3.63) is 88.1 Å². The van der Waals surface area contributed by atoms with Crippen LogP contribution in [-0.4, -0.2) is 27.4 Å². The van der Waals surface area contributed by atoms with Gasteiger partial charge in [0.25, 0.3) is 0 Å². The van der Waals surface area contributed by atoms with E-state index in [0.717, 1.165) is 15.6 Å². The highest BCUT2D eigenvalue weighted by atomic mass is 79.9. The first-order chi connectivity index (χ1) is 16.9. The van der Waals surface area contributed by atoms with Gasteiger partial charge in [0, 0.05) is 15.5 Å². The molecule has 0 amide bonds. The Kier molecular flexibility index (Phi) is 7.52. The third-order valence-electron chi connectivity index (χ3n) is 5.11. The predicted molar refractivity (Wildman–Crippen MR) is 140 cm³/mol. The highest BCUT2D eigenvalue weighted by Crippen LogP contribution is 2.40. The maximum Gasteiger partial charge on any atom is 0.338 e. The minimum atomic E-state index is -0.403. The Morgan fingerprint density at radius 1 is 1.14 bits per heavy atom. The lowest BCUT2D eigenvalue weighted by molar-refractivity contribution is 0.0526. The number of benzene rings is 3. The number of nitrogens with zero attached hydrogens (tertiary/aromatic N) is 3. The molecule has 7 nitrogen and oxygen atoms in total. The van der Waals surface area contributed by atoms with Crippen molar-refractivity contribution in [1.29, 1.82) is 0 Å². The van der Waals surface area contributed by atoms with Crippen LogP contribution < -0.4 is 5.32 Å². The molecule has 0 bridgehead atoms. The monoisotopic (exact) mass is 554 g/mol. The van der Waals surface area contributed by atoms with E-state index in [9.17, 15) is 14.3 Å². The zero-order valence-corrected chi connectivity index (χ0v) is 20.9. The van der Waals surface area contributed by atoms with Crippen molar-refractivity contribution in [3.63, 3.8) is 0 Å². The fourth-order valence-corrected chi connectivity index (χ4v) is 3.99. The predicted octanol–water partition coefficient (Wildman–Crippen LogP) is 6.95. The van der Waals surface area contributed by atoms with Gasteiger partial charge in [-0.25, -0.2) is 9.18 Å². The topological polar surface area (TPSA) is 88.2 Å². The third-order valence-corrected chi connectivity index (χ3v) is 5.79. The van der Waals surface area contributed by atoms with Crippen molar-refractivity contribution in [2.45, 2.75) is 13.5 Å². The summed E-state index contributed by atoms with van der Waals surface area (Å²) in [5.74, 6) is -0.821. The average Bonchev–Trinajstić information content (AvgIpc) is 3.09. The molecule has 0 radical (unpaired) electrons. The Labute approximate surface area is 214 Å². The van der Waals surface area contributed by atoms with Gasteiger partial charge in [-0.1, -0.05) is 28.1 Å². The minimum Gasteiger partial charge on any atom is -0.493 e. The molecule has 0 saturated carbocycles. The molecule has 10 heteroatoms. The first kappa shape index (κ1) is 24.5. The number of rotatable bonds is 6. The van der Waals surface area contributed by atoms with Crippen LogP contribution in [0, 0.1) is 5.82 Å². The fraction of sp³-hybridized carbons (Fsp3) is 0.120. The summed E-state index contributed by atoms with van der Waals surface area (Å²) in [6.07, 6.45) is 0. The standard InChI is InChI=1S/C25H20BrFN4O3S/c1-2-34-24(33)16-5-10-19(11-6-16)28-25(35)30-29-22-20-13-17(26)7-12-21(20)31(23(22)32)14-15-3-8-18(27)9-4-15/h3-13,32H,2,14H2,1H3,(H,28,35). The number of thiocarbonyl (C=S) groups is 1. The van der Waals surface area contributed by atoms with Crippen molar-refractivity contribution in [1.82, 2.24) is 4.57 Å². The lowest BCUT2D eigenvalue weighted by Gasteiger charge is -2.07. The molecule has 0 aliphatic rings. The van der Waals surface area contributed by atoms with E-state index >= 15 is 0 Å². The van der Waals surface area contributed by atoms with Crippen LogP contribution in [0.4, 0.5) is 15.8 Å². The van der Waals surface area contributed by atoms with E-state index in [1.54, 1.807) is 47.9 Å². The van der Waals surface area contributed by atoms with Gasteiger partial charge in [0.05, 0.1) is 24.2 Å². The number of carbonyl (C=O) groups is 1. The molecule has 0 spiro atoms. The molecular formula is C25H20BrFN4O3S. The van der Waals surface area contributed by atoms with E-state index in [-0.39, 0.29) is 22.5 Å². The molecule has 4 rings (SSSR count). The summed E-state index contributed by atoms with van der Waals surface area (Å²) < 4.78 is 20.8. The highest BCUT2D eigenvalue weighted by molar-refractivity contribution is 9.10.